The van der Waals surface area contributed by atoms with Crippen molar-refractivity contribution in [3.05, 3.63) is 10.5 Å². The monoisotopic (exact) mass is 252 g/mol. The van der Waals surface area contributed by atoms with Gasteiger partial charge in [-0.15, -0.1) is 0 Å². The van der Waals surface area contributed by atoms with Crippen LogP contribution in [0.1, 0.15) is 25.1 Å². The molecule has 1 N–H and O–H groups in total. The number of hydrogen-bond acceptors (Lipinski definition) is 3. The number of nitrogens with one attached hydrogen (secondary N) is 1. The number of rotatable bonds is 2. The van der Waals surface area contributed by atoms with Gasteiger partial charge in [0.05, 0.1) is 18.3 Å². The van der Waals surface area contributed by atoms with Gasteiger partial charge in [-0.3, -0.25) is 9.25 Å². The van der Waals surface area contributed by atoms with Gasteiger partial charge in [-0.05, 0) is 25.1 Å². The lowest BCUT2D eigenvalue weighted by Gasteiger charge is -2.10. The minimum atomic E-state index is 0.344. The van der Waals surface area contributed by atoms with Crippen LogP contribution in [-0.2, 0) is 18.2 Å². The van der Waals surface area contributed by atoms with Crippen LogP contribution < -0.4 is 0 Å². The summed E-state index contributed by atoms with van der Waals surface area (Å²) < 4.78 is 10.3. The zero-order valence-corrected chi connectivity index (χ0v) is 10.9. The van der Waals surface area contributed by atoms with Gasteiger partial charge in [0, 0.05) is 13.7 Å². The van der Waals surface area contributed by atoms with E-state index in [1.54, 1.807) is 0 Å². The zero-order valence-electron chi connectivity index (χ0n) is 10.1. The molecule has 2 aromatic rings. The highest BCUT2D eigenvalue weighted by atomic mass is 32.1. The third kappa shape index (κ3) is 1.55. The molecule has 0 aromatic carbocycles. The Labute approximate surface area is 104 Å². The van der Waals surface area contributed by atoms with Gasteiger partial charge < -0.3 is 9.72 Å². The van der Waals surface area contributed by atoms with Gasteiger partial charge in [0.25, 0.3) is 0 Å². The summed E-state index contributed by atoms with van der Waals surface area (Å²) in [5.74, 6) is 0. The maximum absolute atomic E-state index is 5.45. The van der Waals surface area contributed by atoms with Crippen molar-refractivity contribution in [2.75, 3.05) is 13.2 Å². The van der Waals surface area contributed by atoms with E-state index in [1.807, 2.05) is 11.7 Å². The summed E-state index contributed by atoms with van der Waals surface area (Å²) in [6.07, 6.45) is 1.93. The molecule has 0 aliphatic carbocycles. The van der Waals surface area contributed by atoms with Gasteiger partial charge in [0.1, 0.15) is 5.52 Å². The quantitative estimate of drug-likeness (QED) is 0.831. The number of ether oxygens (including phenoxy) is 1. The molecule has 0 radical (unpaired) electrons. The molecule has 1 aliphatic heterocycles. The van der Waals surface area contributed by atoms with E-state index in [9.17, 15) is 0 Å². The highest BCUT2D eigenvalue weighted by molar-refractivity contribution is 7.71. The first-order valence-electron chi connectivity index (χ1n) is 5.96. The molecule has 1 atom stereocenters. The minimum Gasteiger partial charge on any atom is -0.379 e. The number of hydrogen-bond donors (Lipinski definition) is 1. The Balaban J connectivity index is 2.26. The third-order valence-electron chi connectivity index (χ3n) is 3.37. The van der Waals surface area contributed by atoms with Crippen molar-refractivity contribution in [3.63, 3.8) is 0 Å². The van der Waals surface area contributed by atoms with E-state index in [4.69, 9.17) is 17.0 Å². The Bertz CT molecular complexity index is 603. The average molecular weight is 252 g/mol. The Hall–Kier alpha value is -1.14. The summed E-state index contributed by atoms with van der Waals surface area (Å²) in [6.45, 7) is 3.67. The van der Waals surface area contributed by atoms with Crippen LogP contribution in [0.25, 0.3) is 11.2 Å². The second-order valence-electron chi connectivity index (χ2n) is 4.44. The van der Waals surface area contributed by atoms with E-state index in [1.165, 1.54) is 0 Å². The van der Waals surface area contributed by atoms with Gasteiger partial charge in [-0.25, -0.2) is 0 Å². The SMILES string of the molecule is CCc1nn(C)c2c1[nH]c(=S)n2C1CCOC1. The molecule has 0 saturated carbocycles. The number of fused-ring (bicyclic) bond motifs is 1. The summed E-state index contributed by atoms with van der Waals surface area (Å²) >= 11 is 5.42. The summed E-state index contributed by atoms with van der Waals surface area (Å²) in [4.78, 5) is 3.28. The van der Waals surface area contributed by atoms with Crippen molar-refractivity contribution < 1.29 is 4.74 Å². The standard InChI is InChI=1S/C11H16N4OS/c1-3-8-9-10(14(2)13-8)15(11(17)12-9)7-4-5-16-6-7/h7H,3-6H2,1-2H3,(H,12,17). The Morgan fingerprint density at radius 1 is 1.59 bits per heavy atom. The van der Waals surface area contributed by atoms with E-state index < -0.39 is 0 Å². The molecule has 5 nitrogen and oxygen atoms in total. The first kappa shape index (κ1) is 11.0. The molecule has 0 amide bonds. The van der Waals surface area contributed by atoms with Crippen molar-refractivity contribution >= 4 is 23.4 Å². The van der Waals surface area contributed by atoms with Crippen molar-refractivity contribution in [2.45, 2.75) is 25.8 Å². The Morgan fingerprint density at radius 3 is 3.06 bits per heavy atom. The first-order chi connectivity index (χ1) is 8.22. The highest BCUT2D eigenvalue weighted by Crippen LogP contribution is 2.26. The van der Waals surface area contributed by atoms with Gasteiger partial charge in [0.2, 0.25) is 0 Å². The van der Waals surface area contributed by atoms with E-state index in [2.05, 4.69) is 21.6 Å². The molecule has 1 saturated heterocycles. The molecule has 1 fully saturated rings. The second kappa shape index (κ2) is 3.96. The lowest BCUT2D eigenvalue weighted by molar-refractivity contribution is 0.187. The molecule has 3 rings (SSSR count). The van der Waals surface area contributed by atoms with Gasteiger partial charge >= 0.3 is 0 Å². The molecule has 0 bridgehead atoms. The fraction of sp³-hybridized carbons (Fsp3) is 0.636. The average Bonchev–Trinajstić information content (AvgIpc) is 2.96. The minimum absolute atomic E-state index is 0.344. The van der Waals surface area contributed by atoms with Crippen LogP contribution in [0, 0.1) is 4.77 Å². The smallest absolute Gasteiger partial charge is 0.179 e. The van der Waals surface area contributed by atoms with Crippen LogP contribution in [0.5, 0.6) is 0 Å². The van der Waals surface area contributed by atoms with Crippen LogP contribution in [-0.4, -0.2) is 32.5 Å². The van der Waals surface area contributed by atoms with Crippen LogP contribution in [0.4, 0.5) is 0 Å². The molecule has 2 aromatic heterocycles. The van der Waals surface area contributed by atoms with Crippen LogP contribution in [0.3, 0.4) is 0 Å². The van der Waals surface area contributed by atoms with E-state index in [0.717, 1.165) is 47.7 Å². The number of H-pyrrole nitrogens is 1. The largest absolute Gasteiger partial charge is 0.379 e. The highest BCUT2D eigenvalue weighted by Gasteiger charge is 2.23. The number of aromatic amines is 1. The predicted octanol–water partition coefficient (Wildman–Crippen LogP) is 1.96. The normalized spacial score (nSPS) is 20.5. The summed E-state index contributed by atoms with van der Waals surface area (Å²) in [5, 5.41) is 4.52. The Morgan fingerprint density at radius 2 is 2.41 bits per heavy atom. The maximum Gasteiger partial charge on any atom is 0.179 e. The molecule has 17 heavy (non-hydrogen) atoms. The second-order valence-corrected chi connectivity index (χ2v) is 4.83. The molecule has 6 heteroatoms. The van der Waals surface area contributed by atoms with Crippen molar-refractivity contribution in [2.24, 2.45) is 7.05 Å². The summed E-state index contributed by atoms with van der Waals surface area (Å²) in [6, 6.07) is 0.344. The Kier molecular flexibility index (Phi) is 2.56. The van der Waals surface area contributed by atoms with Gasteiger partial charge in [0.15, 0.2) is 10.4 Å². The molecule has 3 heterocycles. The van der Waals surface area contributed by atoms with E-state index in [-0.39, 0.29) is 0 Å². The molecule has 1 unspecified atom stereocenters. The number of aryl methyl sites for hydroxylation is 2. The molecule has 0 spiro atoms. The summed E-state index contributed by atoms with van der Waals surface area (Å²) in [7, 11) is 1.97. The van der Waals surface area contributed by atoms with Crippen LogP contribution >= 0.6 is 12.2 Å². The summed E-state index contributed by atoms with van der Waals surface area (Å²) in [5.41, 5.74) is 3.24. The van der Waals surface area contributed by atoms with Crippen molar-refractivity contribution in [1.82, 2.24) is 19.3 Å². The fourth-order valence-electron chi connectivity index (χ4n) is 2.55. The van der Waals surface area contributed by atoms with E-state index >= 15 is 0 Å². The van der Waals surface area contributed by atoms with Crippen LogP contribution in [0.2, 0.25) is 0 Å². The molecule has 92 valence electrons. The third-order valence-corrected chi connectivity index (χ3v) is 3.67. The lowest BCUT2D eigenvalue weighted by Crippen LogP contribution is -2.11. The number of nitrogens with zero attached hydrogens (tertiary/aromatic N) is 3. The molecule has 1 aliphatic rings. The van der Waals surface area contributed by atoms with Crippen molar-refractivity contribution in [3.8, 4) is 0 Å². The van der Waals surface area contributed by atoms with Crippen LogP contribution in [0.15, 0.2) is 0 Å². The first-order valence-corrected chi connectivity index (χ1v) is 6.37. The lowest BCUT2D eigenvalue weighted by atomic mass is 10.2. The van der Waals surface area contributed by atoms with Gasteiger partial charge in [-0.1, -0.05) is 6.92 Å². The predicted molar refractivity (Wildman–Crippen MR) is 67.7 cm³/mol. The fourth-order valence-corrected chi connectivity index (χ4v) is 2.89. The topological polar surface area (TPSA) is 47.8 Å². The zero-order chi connectivity index (χ0) is 12.0. The van der Waals surface area contributed by atoms with E-state index in [0.29, 0.717) is 6.04 Å². The number of imidazole rings is 1. The number of aromatic nitrogens is 4. The van der Waals surface area contributed by atoms with Crippen molar-refractivity contribution in [1.29, 1.82) is 0 Å². The maximum atomic E-state index is 5.45. The molecular weight excluding hydrogens is 236 g/mol. The van der Waals surface area contributed by atoms with Gasteiger partial charge in [-0.2, -0.15) is 5.10 Å². The molecular formula is C11H16N4OS.